The Morgan fingerprint density at radius 2 is 0.615 bits per heavy atom. The van der Waals surface area contributed by atoms with Gasteiger partial charge in [-0.1, -0.05) is 182 Å². The first-order valence-corrected chi connectivity index (χ1v) is 18.0. The van der Waals surface area contributed by atoms with Gasteiger partial charge in [-0.2, -0.15) is 0 Å². The zero-order valence-electron chi connectivity index (χ0n) is 28.6. The molecule has 0 fully saturated rings. The molecule has 0 aliphatic carbocycles. The Kier molecular flexibility index (Phi) is 7.25. The van der Waals surface area contributed by atoms with Gasteiger partial charge in [0.1, 0.15) is 0 Å². The van der Waals surface area contributed by atoms with E-state index < -0.39 is 0 Å². The van der Waals surface area contributed by atoms with Crippen LogP contribution in [-0.2, 0) is 0 Å². The number of rotatable bonds is 5. The average molecular weight is 659 g/mol. The Hall–Kier alpha value is -6.76. The molecule has 242 valence electrons. The van der Waals surface area contributed by atoms with Gasteiger partial charge in [-0.15, -0.1) is 0 Å². The van der Waals surface area contributed by atoms with E-state index in [-0.39, 0.29) is 0 Å². The van der Waals surface area contributed by atoms with Gasteiger partial charge in [-0.25, -0.2) is 0 Å². The van der Waals surface area contributed by atoms with Gasteiger partial charge in [0.25, 0.3) is 0 Å². The summed E-state index contributed by atoms with van der Waals surface area (Å²) in [6, 6.07) is 75.8. The van der Waals surface area contributed by atoms with Crippen molar-refractivity contribution in [1.29, 1.82) is 0 Å². The lowest BCUT2D eigenvalue weighted by molar-refractivity contribution is 1.58. The highest BCUT2D eigenvalue weighted by molar-refractivity contribution is 6.27. The highest BCUT2D eigenvalue weighted by Crippen LogP contribution is 2.54. The lowest BCUT2D eigenvalue weighted by Crippen LogP contribution is -1.99. The molecule has 0 atom stereocenters. The van der Waals surface area contributed by atoms with E-state index >= 15 is 0 Å². The maximum Gasteiger partial charge on any atom is -0.000742 e. The zero-order chi connectivity index (χ0) is 34.4. The fraction of sp³-hybridized carbons (Fsp3) is 0. The first-order valence-electron chi connectivity index (χ1n) is 18.0. The normalized spacial score (nSPS) is 11.5. The number of fused-ring (bicyclic) bond motifs is 4. The minimum absolute atomic E-state index is 1.20. The van der Waals surface area contributed by atoms with Gasteiger partial charge in [0.15, 0.2) is 0 Å². The molecule has 10 rings (SSSR count). The molecule has 0 aliphatic rings. The van der Waals surface area contributed by atoms with Crippen LogP contribution in [-0.4, -0.2) is 0 Å². The summed E-state index contributed by atoms with van der Waals surface area (Å²) < 4.78 is 0. The van der Waals surface area contributed by atoms with E-state index in [1.807, 2.05) is 0 Å². The summed E-state index contributed by atoms with van der Waals surface area (Å²) in [6.07, 6.45) is 0. The standard InChI is InChI=1S/C52H34/c1-5-17-35(18-6-1)47-45-28-16-15-27-42(45)34-46-48(36-19-7-2-8-20-36)51(43-30-29-41-31-39-25-13-14-26-40(39)32-44(41)33-43)49(37-21-9-3-10-22-37)50(52(46)47)38-23-11-4-12-24-38/h1-34H. The van der Waals surface area contributed by atoms with Crippen LogP contribution >= 0.6 is 0 Å². The van der Waals surface area contributed by atoms with Crippen molar-refractivity contribution < 1.29 is 0 Å². The average Bonchev–Trinajstić information content (AvgIpc) is 3.22. The van der Waals surface area contributed by atoms with Gasteiger partial charge in [0.2, 0.25) is 0 Å². The molecule has 0 saturated carbocycles. The predicted molar refractivity (Wildman–Crippen MR) is 224 cm³/mol. The molecule has 10 aromatic carbocycles. The summed E-state index contributed by atoms with van der Waals surface area (Å²) in [5.74, 6) is 0. The van der Waals surface area contributed by atoms with E-state index in [2.05, 4.69) is 206 Å². The van der Waals surface area contributed by atoms with Gasteiger partial charge in [-0.3, -0.25) is 0 Å². The molecule has 0 aliphatic heterocycles. The van der Waals surface area contributed by atoms with Crippen LogP contribution in [0.3, 0.4) is 0 Å². The highest BCUT2D eigenvalue weighted by atomic mass is 14.3. The quantitative estimate of drug-likeness (QED) is 0.161. The summed E-state index contributed by atoms with van der Waals surface area (Å²) in [5.41, 5.74) is 12.3. The number of hydrogen-bond donors (Lipinski definition) is 0. The van der Waals surface area contributed by atoms with Gasteiger partial charge in [0, 0.05) is 0 Å². The lowest BCUT2D eigenvalue weighted by Gasteiger charge is -2.27. The van der Waals surface area contributed by atoms with Crippen molar-refractivity contribution in [3.63, 3.8) is 0 Å². The van der Waals surface area contributed by atoms with Crippen LogP contribution in [0.15, 0.2) is 206 Å². The highest BCUT2D eigenvalue weighted by Gasteiger charge is 2.27. The summed E-state index contributed by atoms with van der Waals surface area (Å²) >= 11 is 0. The summed E-state index contributed by atoms with van der Waals surface area (Å²) in [7, 11) is 0. The summed E-state index contributed by atoms with van der Waals surface area (Å²) in [6.45, 7) is 0. The fourth-order valence-electron chi connectivity index (χ4n) is 8.29. The molecule has 0 aromatic heterocycles. The predicted octanol–water partition coefficient (Wildman–Crippen LogP) is 14.6. The third-order valence-corrected chi connectivity index (χ3v) is 10.6. The monoisotopic (exact) mass is 658 g/mol. The van der Waals surface area contributed by atoms with Crippen molar-refractivity contribution in [1.82, 2.24) is 0 Å². The van der Waals surface area contributed by atoms with E-state index in [0.717, 1.165) is 0 Å². The SMILES string of the molecule is c1ccc(-c2c(-c3ccc4cc5ccccc5cc4c3)c(-c3ccccc3)c3cc4ccccc4c(-c4ccccc4)c3c2-c2ccccc2)cc1. The summed E-state index contributed by atoms with van der Waals surface area (Å²) in [4.78, 5) is 0. The van der Waals surface area contributed by atoms with Crippen molar-refractivity contribution in [2.75, 3.05) is 0 Å². The van der Waals surface area contributed by atoms with Crippen molar-refractivity contribution in [3.8, 4) is 55.6 Å². The van der Waals surface area contributed by atoms with Crippen molar-refractivity contribution >= 4 is 43.1 Å². The molecule has 0 radical (unpaired) electrons. The Balaban J connectivity index is 1.49. The molecular formula is C52H34. The smallest absolute Gasteiger partial charge is 0.000742 e. The van der Waals surface area contributed by atoms with Crippen molar-refractivity contribution in [2.45, 2.75) is 0 Å². The minimum Gasteiger partial charge on any atom is -0.0622 e. The second kappa shape index (κ2) is 12.5. The Labute approximate surface area is 303 Å². The van der Waals surface area contributed by atoms with Crippen molar-refractivity contribution in [2.24, 2.45) is 0 Å². The van der Waals surface area contributed by atoms with Gasteiger partial charge in [-0.05, 0) is 123 Å². The fourth-order valence-corrected chi connectivity index (χ4v) is 8.29. The van der Waals surface area contributed by atoms with Gasteiger partial charge in [0.05, 0.1) is 0 Å². The van der Waals surface area contributed by atoms with Crippen molar-refractivity contribution in [3.05, 3.63) is 206 Å². The molecule has 0 saturated heterocycles. The second-order valence-electron chi connectivity index (χ2n) is 13.6. The molecule has 0 spiro atoms. The largest absolute Gasteiger partial charge is 0.0622 e. The minimum atomic E-state index is 1.20. The third kappa shape index (κ3) is 5.00. The maximum atomic E-state index is 2.44. The molecule has 0 nitrogen and oxygen atoms in total. The third-order valence-electron chi connectivity index (χ3n) is 10.6. The maximum absolute atomic E-state index is 2.44. The molecule has 52 heavy (non-hydrogen) atoms. The molecular weight excluding hydrogens is 625 g/mol. The molecule has 0 bridgehead atoms. The van der Waals surface area contributed by atoms with Gasteiger partial charge >= 0.3 is 0 Å². The molecule has 10 aromatic rings. The van der Waals surface area contributed by atoms with Crippen LogP contribution in [0.25, 0.3) is 98.7 Å². The van der Waals surface area contributed by atoms with E-state index in [0.29, 0.717) is 0 Å². The first kappa shape index (κ1) is 30.1. The second-order valence-corrected chi connectivity index (χ2v) is 13.6. The molecule has 0 N–H and O–H groups in total. The molecule has 0 heteroatoms. The number of benzene rings is 10. The van der Waals surface area contributed by atoms with E-state index in [9.17, 15) is 0 Å². The molecule has 0 amide bonds. The van der Waals surface area contributed by atoms with Crippen LogP contribution in [0.2, 0.25) is 0 Å². The van der Waals surface area contributed by atoms with E-state index in [1.54, 1.807) is 0 Å². The van der Waals surface area contributed by atoms with Crippen LogP contribution in [0.4, 0.5) is 0 Å². The topological polar surface area (TPSA) is 0 Å². The van der Waals surface area contributed by atoms with E-state index in [4.69, 9.17) is 0 Å². The lowest BCUT2D eigenvalue weighted by atomic mass is 9.76. The van der Waals surface area contributed by atoms with Crippen LogP contribution in [0, 0.1) is 0 Å². The van der Waals surface area contributed by atoms with Gasteiger partial charge < -0.3 is 0 Å². The summed E-state index contributed by atoms with van der Waals surface area (Å²) in [5, 5.41) is 9.98. The Morgan fingerprint density at radius 1 is 0.192 bits per heavy atom. The van der Waals surface area contributed by atoms with Crippen LogP contribution < -0.4 is 0 Å². The van der Waals surface area contributed by atoms with Crippen LogP contribution in [0.1, 0.15) is 0 Å². The zero-order valence-corrected chi connectivity index (χ0v) is 28.6. The number of hydrogen-bond acceptors (Lipinski definition) is 0. The Morgan fingerprint density at radius 3 is 1.21 bits per heavy atom. The Bertz CT molecular complexity index is 2910. The van der Waals surface area contributed by atoms with Crippen LogP contribution in [0.5, 0.6) is 0 Å². The first-order chi connectivity index (χ1) is 25.8. The molecule has 0 heterocycles. The molecule has 0 unspecified atom stereocenters. The van der Waals surface area contributed by atoms with E-state index in [1.165, 1.54) is 98.7 Å².